The number of aliphatic hydroxyl groups is 2. The number of carbonyl (C=O) groups is 1. The number of anilines is 1. The Morgan fingerprint density at radius 1 is 1.00 bits per heavy atom. The number of carbonyl (C=O) groups excluding carboxylic acids is 1. The molecule has 31 heavy (non-hydrogen) atoms. The Balaban J connectivity index is 1.69. The lowest BCUT2D eigenvalue weighted by atomic mass is 10.1. The van der Waals surface area contributed by atoms with E-state index in [1.807, 2.05) is 59.2 Å². The van der Waals surface area contributed by atoms with Crippen LogP contribution in [-0.2, 0) is 6.54 Å². The zero-order chi connectivity index (χ0) is 21.8. The molecule has 0 fully saturated rings. The molecule has 1 amide bonds. The zero-order valence-corrected chi connectivity index (χ0v) is 17.6. The smallest absolute Gasteiger partial charge is 0.257 e. The van der Waals surface area contributed by atoms with Crippen LogP contribution in [0, 0.1) is 0 Å². The van der Waals surface area contributed by atoms with Gasteiger partial charge in [0.25, 0.3) is 5.91 Å². The molecule has 0 radical (unpaired) electrons. The lowest BCUT2D eigenvalue weighted by Crippen LogP contribution is -2.12. The van der Waals surface area contributed by atoms with Crippen molar-refractivity contribution in [2.24, 2.45) is 0 Å². The van der Waals surface area contributed by atoms with Crippen molar-refractivity contribution in [3.05, 3.63) is 101 Å². The zero-order valence-electron chi connectivity index (χ0n) is 16.8. The molecule has 5 nitrogen and oxygen atoms in total. The quantitative estimate of drug-likeness (QED) is 0.382. The molecule has 6 heteroatoms. The van der Waals surface area contributed by atoms with Crippen LogP contribution in [0.15, 0.2) is 78.9 Å². The molecule has 0 saturated carbocycles. The standard InChI is InChI=1S/C25H23ClN2O3/c26-21-10-5-4-9-20(21)25(31)27-19-11-12-22-18(15-19)16-23(28(22)13-6-14-29)24(30)17-7-2-1-3-8-17/h1-5,7-12,15-16,24,29-30H,6,13-14H2,(H,27,31)/t24-/m0/s1. The number of aromatic nitrogens is 1. The van der Waals surface area contributed by atoms with E-state index in [0.29, 0.717) is 29.2 Å². The summed E-state index contributed by atoms with van der Waals surface area (Å²) in [5, 5.41) is 24.5. The maximum absolute atomic E-state index is 12.6. The fourth-order valence-corrected chi connectivity index (χ4v) is 3.95. The summed E-state index contributed by atoms with van der Waals surface area (Å²) in [5.41, 5.74) is 3.50. The van der Waals surface area contributed by atoms with E-state index in [2.05, 4.69) is 5.32 Å². The van der Waals surface area contributed by atoms with Gasteiger partial charge in [-0.1, -0.05) is 54.1 Å². The van der Waals surface area contributed by atoms with Crippen LogP contribution in [0.25, 0.3) is 10.9 Å². The van der Waals surface area contributed by atoms with Crippen molar-refractivity contribution in [2.75, 3.05) is 11.9 Å². The number of aliphatic hydroxyl groups excluding tert-OH is 2. The van der Waals surface area contributed by atoms with Gasteiger partial charge >= 0.3 is 0 Å². The maximum atomic E-state index is 12.6. The predicted octanol–water partition coefficient (Wildman–Crippen LogP) is 5.01. The fraction of sp³-hybridized carbons (Fsp3) is 0.160. The Kier molecular flexibility index (Phi) is 6.37. The molecule has 4 aromatic rings. The summed E-state index contributed by atoms with van der Waals surface area (Å²) in [5.74, 6) is -0.283. The lowest BCUT2D eigenvalue weighted by Gasteiger charge is -2.16. The van der Waals surface area contributed by atoms with Crippen molar-refractivity contribution in [1.29, 1.82) is 0 Å². The second-order valence-corrected chi connectivity index (χ2v) is 7.73. The normalized spacial score (nSPS) is 12.1. The van der Waals surface area contributed by atoms with Crippen LogP contribution in [0.3, 0.4) is 0 Å². The highest BCUT2D eigenvalue weighted by Gasteiger charge is 2.18. The molecule has 0 aliphatic carbocycles. The van der Waals surface area contributed by atoms with Crippen LogP contribution in [0.1, 0.15) is 34.1 Å². The van der Waals surface area contributed by atoms with E-state index < -0.39 is 6.10 Å². The van der Waals surface area contributed by atoms with Crippen molar-refractivity contribution >= 4 is 34.1 Å². The Morgan fingerprint density at radius 3 is 2.48 bits per heavy atom. The Hall–Kier alpha value is -3.12. The van der Waals surface area contributed by atoms with Gasteiger partial charge in [0.15, 0.2) is 0 Å². The molecule has 0 saturated heterocycles. The Morgan fingerprint density at radius 2 is 1.74 bits per heavy atom. The maximum Gasteiger partial charge on any atom is 0.257 e. The molecule has 158 valence electrons. The first kappa shape index (κ1) is 21.1. The number of aryl methyl sites for hydroxylation is 1. The SMILES string of the molecule is O=C(Nc1ccc2c(c1)cc([C@@H](O)c1ccccc1)n2CCCO)c1ccccc1Cl. The molecule has 0 spiro atoms. The van der Waals surface area contributed by atoms with Gasteiger partial charge in [-0.25, -0.2) is 0 Å². The van der Waals surface area contributed by atoms with Gasteiger partial charge in [-0.2, -0.15) is 0 Å². The van der Waals surface area contributed by atoms with E-state index in [1.165, 1.54) is 0 Å². The molecule has 1 atom stereocenters. The molecule has 0 unspecified atom stereocenters. The van der Waals surface area contributed by atoms with Gasteiger partial charge in [0.05, 0.1) is 16.3 Å². The number of fused-ring (bicyclic) bond motifs is 1. The van der Waals surface area contributed by atoms with Crippen molar-refractivity contribution in [1.82, 2.24) is 4.57 Å². The summed E-state index contributed by atoms with van der Waals surface area (Å²) in [4.78, 5) is 12.6. The number of nitrogens with zero attached hydrogens (tertiary/aromatic N) is 1. The molecule has 3 N–H and O–H groups in total. The first-order valence-electron chi connectivity index (χ1n) is 10.1. The van der Waals surface area contributed by atoms with Crippen LogP contribution < -0.4 is 5.32 Å². The average molecular weight is 435 g/mol. The minimum atomic E-state index is -0.798. The number of nitrogens with one attached hydrogen (secondary N) is 1. The average Bonchev–Trinajstić information content (AvgIpc) is 3.15. The van der Waals surface area contributed by atoms with Gasteiger partial charge in [-0.3, -0.25) is 4.79 Å². The van der Waals surface area contributed by atoms with Crippen molar-refractivity contribution in [2.45, 2.75) is 19.1 Å². The van der Waals surface area contributed by atoms with Crippen molar-refractivity contribution < 1.29 is 15.0 Å². The number of amides is 1. The first-order valence-corrected chi connectivity index (χ1v) is 10.5. The topological polar surface area (TPSA) is 74.5 Å². The van der Waals surface area contributed by atoms with Gasteiger partial charge in [0, 0.05) is 29.7 Å². The first-order chi connectivity index (χ1) is 15.1. The largest absolute Gasteiger partial charge is 0.396 e. The molecular formula is C25H23ClN2O3. The second-order valence-electron chi connectivity index (χ2n) is 7.32. The number of halogens is 1. The van der Waals surface area contributed by atoms with E-state index in [4.69, 9.17) is 11.6 Å². The highest BCUT2D eigenvalue weighted by Crippen LogP contribution is 2.31. The fourth-order valence-electron chi connectivity index (χ4n) is 3.72. The van der Waals surface area contributed by atoms with Crippen molar-refractivity contribution in [3.8, 4) is 0 Å². The van der Waals surface area contributed by atoms with E-state index in [1.54, 1.807) is 24.3 Å². The molecule has 1 aromatic heterocycles. The van der Waals surface area contributed by atoms with Gasteiger partial charge in [-0.05, 0) is 48.4 Å². The Bertz CT molecular complexity index is 1200. The summed E-state index contributed by atoms with van der Waals surface area (Å²) in [6, 6.07) is 23.9. The second kappa shape index (κ2) is 9.35. The number of hydrogen-bond acceptors (Lipinski definition) is 3. The lowest BCUT2D eigenvalue weighted by molar-refractivity contribution is 0.102. The number of hydrogen-bond donors (Lipinski definition) is 3. The van der Waals surface area contributed by atoms with Gasteiger partial charge < -0.3 is 20.1 Å². The highest BCUT2D eigenvalue weighted by molar-refractivity contribution is 6.34. The molecule has 0 bridgehead atoms. The van der Waals surface area contributed by atoms with Crippen LogP contribution in [0.4, 0.5) is 5.69 Å². The van der Waals surface area contributed by atoms with Gasteiger partial charge in [0.2, 0.25) is 0 Å². The van der Waals surface area contributed by atoms with E-state index in [9.17, 15) is 15.0 Å². The summed E-state index contributed by atoms with van der Waals surface area (Å²) in [6.45, 7) is 0.636. The van der Waals surface area contributed by atoms with E-state index in [-0.39, 0.29) is 12.5 Å². The third-order valence-corrected chi connectivity index (χ3v) is 5.57. The summed E-state index contributed by atoms with van der Waals surface area (Å²) >= 11 is 6.13. The number of benzene rings is 3. The monoisotopic (exact) mass is 434 g/mol. The third kappa shape index (κ3) is 4.49. The van der Waals surface area contributed by atoms with Crippen LogP contribution >= 0.6 is 11.6 Å². The van der Waals surface area contributed by atoms with E-state index >= 15 is 0 Å². The molecule has 1 heterocycles. The summed E-state index contributed by atoms with van der Waals surface area (Å²) in [6.07, 6.45) is -0.225. The summed E-state index contributed by atoms with van der Waals surface area (Å²) < 4.78 is 2.02. The minimum Gasteiger partial charge on any atom is -0.396 e. The third-order valence-electron chi connectivity index (χ3n) is 5.25. The van der Waals surface area contributed by atoms with Gasteiger partial charge in [0.1, 0.15) is 6.10 Å². The van der Waals surface area contributed by atoms with Crippen LogP contribution in [-0.4, -0.2) is 27.3 Å². The van der Waals surface area contributed by atoms with E-state index in [0.717, 1.165) is 22.2 Å². The van der Waals surface area contributed by atoms with Crippen molar-refractivity contribution in [3.63, 3.8) is 0 Å². The van der Waals surface area contributed by atoms with Crippen LogP contribution in [0.5, 0.6) is 0 Å². The predicted molar refractivity (Wildman–Crippen MR) is 124 cm³/mol. The molecular weight excluding hydrogens is 412 g/mol. The number of rotatable bonds is 7. The molecule has 3 aromatic carbocycles. The molecule has 4 rings (SSSR count). The molecule has 0 aliphatic rings. The highest BCUT2D eigenvalue weighted by atomic mass is 35.5. The van der Waals surface area contributed by atoms with Crippen LogP contribution in [0.2, 0.25) is 5.02 Å². The Labute approximate surface area is 185 Å². The summed E-state index contributed by atoms with van der Waals surface area (Å²) in [7, 11) is 0. The van der Waals surface area contributed by atoms with Gasteiger partial charge in [-0.15, -0.1) is 0 Å². The minimum absolute atomic E-state index is 0.0620. The molecule has 0 aliphatic heterocycles.